The molecule has 1 fully saturated rings. The Morgan fingerprint density at radius 3 is 2.50 bits per heavy atom. The maximum absolute atomic E-state index is 10.6. The molecule has 122 valence electrons. The van der Waals surface area contributed by atoms with Crippen LogP contribution < -0.4 is 4.74 Å². The molecule has 10 heteroatoms. The first kappa shape index (κ1) is 16.9. The third-order valence-electron chi connectivity index (χ3n) is 3.22. The van der Waals surface area contributed by atoms with Crippen LogP contribution in [0.25, 0.3) is 0 Å². The van der Waals surface area contributed by atoms with Crippen LogP contribution in [0.5, 0.6) is 5.75 Å². The van der Waals surface area contributed by atoms with Crippen molar-refractivity contribution in [1.29, 1.82) is 0 Å². The highest BCUT2D eigenvalue weighted by Gasteiger charge is 2.44. The lowest BCUT2D eigenvalue weighted by atomic mass is 9.99. The molecule has 1 aromatic rings. The normalized spacial score (nSPS) is 31.8. The first-order chi connectivity index (χ1) is 10.3. The molecule has 0 unspecified atom stereocenters. The summed E-state index contributed by atoms with van der Waals surface area (Å²) in [5.41, 5.74) is -0.244. The van der Waals surface area contributed by atoms with Crippen LogP contribution in [0.3, 0.4) is 0 Å². The zero-order valence-electron chi connectivity index (χ0n) is 11.1. The van der Waals surface area contributed by atoms with Crippen LogP contribution in [0.4, 0.5) is 5.69 Å². The van der Waals surface area contributed by atoms with Gasteiger partial charge in [0, 0.05) is 12.1 Å². The molecule has 0 aromatic heterocycles. The maximum Gasteiger partial charge on any atom is 0.271 e. The Morgan fingerprint density at radius 1 is 1.27 bits per heavy atom. The van der Waals surface area contributed by atoms with Gasteiger partial charge in [0.15, 0.2) is 0 Å². The highest BCUT2D eigenvalue weighted by atomic mass is 35.5. The second-order valence-corrected chi connectivity index (χ2v) is 5.09. The number of aliphatic hydroxyl groups excluding tert-OH is 4. The van der Waals surface area contributed by atoms with Crippen LogP contribution in [0, 0.1) is 10.1 Å². The van der Waals surface area contributed by atoms with Crippen LogP contribution in [0.15, 0.2) is 18.2 Å². The van der Waals surface area contributed by atoms with E-state index >= 15 is 0 Å². The molecule has 4 N–H and O–H groups in total. The number of ether oxygens (including phenoxy) is 2. The second-order valence-electron chi connectivity index (χ2n) is 4.69. The molecule has 0 radical (unpaired) electrons. The number of hydrogen-bond donors (Lipinski definition) is 4. The van der Waals surface area contributed by atoms with Gasteiger partial charge < -0.3 is 29.9 Å². The van der Waals surface area contributed by atoms with E-state index in [1.54, 1.807) is 0 Å². The molecule has 2 rings (SSSR count). The molecule has 1 saturated heterocycles. The standard InChI is InChI=1S/C12H14ClNO8/c13-6-3-5(14(19)20)1-2-7(6)21-12-11(18)10(17)9(16)8(4-15)22-12/h1-3,8-12,15-18H,4H2/t8-,9-,10-,11-,12+/m1/s1. The first-order valence-electron chi connectivity index (χ1n) is 6.26. The lowest BCUT2D eigenvalue weighted by molar-refractivity contribution is -0.384. The number of benzene rings is 1. The van der Waals surface area contributed by atoms with Gasteiger partial charge in [-0.15, -0.1) is 0 Å². The van der Waals surface area contributed by atoms with Crippen molar-refractivity contribution in [3.05, 3.63) is 33.3 Å². The van der Waals surface area contributed by atoms with Crippen molar-refractivity contribution < 1.29 is 34.8 Å². The van der Waals surface area contributed by atoms with E-state index in [4.69, 9.17) is 26.2 Å². The van der Waals surface area contributed by atoms with E-state index in [0.29, 0.717) is 0 Å². The summed E-state index contributed by atoms with van der Waals surface area (Å²) in [6, 6.07) is 3.41. The monoisotopic (exact) mass is 335 g/mol. The summed E-state index contributed by atoms with van der Waals surface area (Å²) < 4.78 is 10.4. The van der Waals surface area contributed by atoms with Crippen LogP contribution in [0.1, 0.15) is 0 Å². The number of aliphatic hydroxyl groups is 4. The van der Waals surface area contributed by atoms with Gasteiger partial charge in [-0.3, -0.25) is 10.1 Å². The average Bonchev–Trinajstić information content (AvgIpc) is 2.49. The van der Waals surface area contributed by atoms with Gasteiger partial charge in [0.2, 0.25) is 6.29 Å². The van der Waals surface area contributed by atoms with E-state index in [-0.39, 0.29) is 16.5 Å². The molecule has 1 aromatic carbocycles. The van der Waals surface area contributed by atoms with Gasteiger partial charge >= 0.3 is 0 Å². The quantitative estimate of drug-likeness (QED) is 0.423. The Bertz CT molecular complexity index is 554. The molecular formula is C12H14ClNO8. The number of nitro benzene ring substituents is 1. The van der Waals surface area contributed by atoms with E-state index in [0.717, 1.165) is 12.1 Å². The lowest BCUT2D eigenvalue weighted by Gasteiger charge is -2.39. The van der Waals surface area contributed by atoms with Gasteiger partial charge in [-0.2, -0.15) is 0 Å². The van der Waals surface area contributed by atoms with Crippen LogP contribution >= 0.6 is 11.6 Å². The highest BCUT2D eigenvalue weighted by molar-refractivity contribution is 6.32. The Labute approximate surface area is 129 Å². The van der Waals surface area contributed by atoms with Crippen molar-refractivity contribution in [2.75, 3.05) is 6.61 Å². The van der Waals surface area contributed by atoms with Crippen LogP contribution in [-0.2, 0) is 4.74 Å². The summed E-state index contributed by atoms with van der Waals surface area (Å²) in [6.45, 7) is -0.598. The van der Waals surface area contributed by atoms with Crippen molar-refractivity contribution in [3.8, 4) is 5.75 Å². The minimum Gasteiger partial charge on any atom is -0.460 e. The predicted molar refractivity (Wildman–Crippen MR) is 72.5 cm³/mol. The minimum atomic E-state index is -1.59. The molecule has 1 heterocycles. The molecule has 0 spiro atoms. The molecule has 1 aliphatic heterocycles. The smallest absolute Gasteiger partial charge is 0.271 e. The predicted octanol–water partition coefficient (Wildman–Crippen LogP) is -0.573. The van der Waals surface area contributed by atoms with Crippen molar-refractivity contribution in [3.63, 3.8) is 0 Å². The minimum absolute atomic E-state index is 0.0170. The van der Waals surface area contributed by atoms with Crippen molar-refractivity contribution in [1.82, 2.24) is 0 Å². The zero-order valence-corrected chi connectivity index (χ0v) is 11.8. The molecule has 1 aliphatic rings. The van der Waals surface area contributed by atoms with Gasteiger partial charge in [0.1, 0.15) is 30.2 Å². The summed E-state index contributed by atoms with van der Waals surface area (Å²) in [6.07, 6.45) is -7.22. The number of non-ortho nitro benzene ring substituents is 1. The number of hydrogen-bond acceptors (Lipinski definition) is 8. The summed E-state index contributed by atoms with van der Waals surface area (Å²) >= 11 is 5.85. The number of nitrogens with zero attached hydrogens (tertiary/aromatic N) is 1. The molecule has 0 aliphatic carbocycles. The molecule has 9 nitrogen and oxygen atoms in total. The lowest BCUT2D eigenvalue weighted by Crippen LogP contribution is -2.60. The maximum atomic E-state index is 10.6. The van der Waals surface area contributed by atoms with E-state index in [9.17, 15) is 25.4 Å². The summed E-state index contributed by atoms with van der Waals surface area (Å²) in [4.78, 5) is 9.98. The van der Waals surface area contributed by atoms with Gasteiger partial charge in [0.25, 0.3) is 5.69 Å². The topological polar surface area (TPSA) is 143 Å². The third kappa shape index (κ3) is 3.29. The Morgan fingerprint density at radius 2 is 1.95 bits per heavy atom. The second kappa shape index (κ2) is 6.73. The van der Waals surface area contributed by atoms with Crippen LogP contribution in [0.2, 0.25) is 5.02 Å². The number of nitro groups is 1. The van der Waals surface area contributed by atoms with Crippen molar-refractivity contribution >= 4 is 17.3 Å². The molecular weight excluding hydrogens is 322 g/mol. The molecule has 0 amide bonds. The SMILES string of the molecule is O=[N+]([O-])c1ccc(O[C@H]2O[C@H](CO)[C@@H](O)[C@@H](O)[C@H]2O)c(Cl)c1. The zero-order chi connectivity index (χ0) is 16.4. The fourth-order valence-corrected chi connectivity index (χ4v) is 2.21. The Hall–Kier alpha value is -1.49. The Balaban J connectivity index is 2.17. The average molecular weight is 336 g/mol. The van der Waals surface area contributed by atoms with Gasteiger partial charge in [-0.05, 0) is 6.07 Å². The summed E-state index contributed by atoms with van der Waals surface area (Å²) in [5.74, 6) is -0.0170. The number of halogens is 1. The summed E-state index contributed by atoms with van der Waals surface area (Å²) in [7, 11) is 0. The molecule has 0 bridgehead atoms. The largest absolute Gasteiger partial charge is 0.460 e. The summed E-state index contributed by atoms with van der Waals surface area (Å²) in [5, 5.41) is 48.7. The first-order valence-corrected chi connectivity index (χ1v) is 6.64. The van der Waals surface area contributed by atoms with Crippen LogP contribution in [-0.4, -0.2) is 62.7 Å². The fourth-order valence-electron chi connectivity index (χ4n) is 1.99. The van der Waals surface area contributed by atoms with Gasteiger partial charge in [-0.25, -0.2) is 0 Å². The number of rotatable bonds is 4. The van der Waals surface area contributed by atoms with Gasteiger partial charge in [0.05, 0.1) is 16.6 Å². The van der Waals surface area contributed by atoms with E-state index < -0.39 is 42.2 Å². The highest BCUT2D eigenvalue weighted by Crippen LogP contribution is 2.31. The fraction of sp³-hybridized carbons (Fsp3) is 0.500. The van der Waals surface area contributed by atoms with E-state index in [2.05, 4.69) is 0 Å². The molecule has 22 heavy (non-hydrogen) atoms. The van der Waals surface area contributed by atoms with E-state index in [1.165, 1.54) is 6.07 Å². The van der Waals surface area contributed by atoms with Gasteiger partial charge in [-0.1, -0.05) is 11.6 Å². The molecule has 0 saturated carbocycles. The third-order valence-corrected chi connectivity index (χ3v) is 3.51. The van der Waals surface area contributed by atoms with Crippen molar-refractivity contribution in [2.24, 2.45) is 0 Å². The molecule has 5 atom stereocenters. The van der Waals surface area contributed by atoms with E-state index in [1.807, 2.05) is 0 Å². The Kier molecular flexibility index (Phi) is 5.16. The van der Waals surface area contributed by atoms with Crippen molar-refractivity contribution in [2.45, 2.75) is 30.7 Å².